The topological polar surface area (TPSA) is 90.7 Å². The molecule has 1 aromatic rings. The Morgan fingerprint density at radius 1 is 1.30 bits per heavy atom. The first-order valence-electron chi connectivity index (χ1n) is 6.07. The minimum Gasteiger partial charge on any atom is -0.486 e. The molecule has 0 unspecified atom stereocenters. The third-order valence-electron chi connectivity index (χ3n) is 2.60. The zero-order valence-corrected chi connectivity index (χ0v) is 12.8. The molecule has 20 heavy (non-hydrogen) atoms. The van der Waals surface area contributed by atoms with E-state index in [0.29, 0.717) is 24.7 Å². The molecule has 6 nitrogen and oxygen atoms in total. The molecule has 0 fully saturated rings. The van der Waals surface area contributed by atoms with Crippen molar-refractivity contribution in [1.29, 1.82) is 0 Å². The predicted octanol–water partition coefficient (Wildman–Crippen LogP) is 1.13. The smallest absolute Gasteiger partial charge is 0.242 e. The van der Waals surface area contributed by atoms with E-state index < -0.39 is 15.6 Å². The third-order valence-corrected chi connectivity index (χ3v) is 4.47. The highest BCUT2D eigenvalue weighted by atomic mass is 35.5. The van der Waals surface area contributed by atoms with E-state index in [4.69, 9.17) is 26.8 Å². The Morgan fingerprint density at radius 3 is 2.40 bits per heavy atom. The van der Waals surface area contributed by atoms with Crippen molar-refractivity contribution in [3.8, 4) is 11.5 Å². The zero-order valence-electron chi connectivity index (χ0n) is 11.3. The quantitative estimate of drug-likeness (QED) is 0.867. The maximum atomic E-state index is 12.2. The molecule has 0 saturated heterocycles. The molecule has 0 saturated carbocycles. The van der Waals surface area contributed by atoms with Crippen LogP contribution in [0.4, 0.5) is 0 Å². The molecular weight excluding hydrogens is 304 g/mol. The second-order valence-electron chi connectivity index (χ2n) is 5.24. The number of sulfonamides is 1. The Bertz CT molecular complexity index is 611. The Kier molecular flexibility index (Phi) is 4.15. The molecule has 1 heterocycles. The summed E-state index contributed by atoms with van der Waals surface area (Å²) in [4.78, 5) is -0.0485. The van der Waals surface area contributed by atoms with Gasteiger partial charge in [-0.05, 0) is 13.8 Å². The highest BCUT2D eigenvalue weighted by Gasteiger charge is 2.24. The first-order valence-corrected chi connectivity index (χ1v) is 7.93. The molecular formula is C12H17ClN2O4S. The normalized spacial score (nSPS) is 15.2. The first-order chi connectivity index (χ1) is 9.19. The molecule has 0 aliphatic carbocycles. The van der Waals surface area contributed by atoms with Crippen molar-refractivity contribution in [2.75, 3.05) is 19.8 Å². The summed E-state index contributed by atoms with van der Waals surface area (Å²) in [6.45, 7) is 4.33. The Hall–Kier alpha value is -1.02. The van der Waals surface area contributed by atoms with Crippen LogP contribution < -0.4 is 19.9 Å². The molecule has 0 spiro atoms. The van der Waals surface area contributed by atoms with Crippen molar-refractivity contribution in [2.45, 2.75) is 24.3 Å². The van der Waals surface area contributed by atoms with Gasteiger partial charge in [0.25, 0.3) is 0 Å². The summed E-state index contributed by atoms with van der Waals surface area (Å²) in [6.07, 6.45) is 0. The molecule has 1 aliphatic rings. The maximum Gasteiger partial charge on any atom is 0.242 e. The van der Waals surface area contributed by atoms with Crippen LogP contribution in [0.1, 0.15) is 13.8 Å². The van der Waals surface area contributed by atoms with Gasteiger partial charge in [0.2, 0.25) is 10.0 Å². The van der Waals surface area contributed by atoms with Crippen molar-refractivity contribution in [3.63, 3.8) is 0 Å². The number of fused-ring (bicyclic) bond motifs is 1. The van der Waals surface area contributed by atoms with Crippen molar-refractivity contribution in [3.05, 3.63) is 17.2 Å². The summed E-state index contributed by atoms with van der Waals surface area (Å²) < 4.78 is 37.6. The molecule has 2 rings (SSSR count). The summed E-state index contributed by atoms with van der Waals surface area (Å²) in [5.74, 6) is 0.812. The van der Waals surface area contributed by atoms with Gasteiger partial charge in [-0.3, -0.25) is 0 Å². The molecule has 3 N–H and O–H groups in total. The van der Waals surface area contributed by atoms with Crippen molar-refractivity contribution < 1.29 is 17.9 Å². The largest absolute Gasteiger partial charge is 0.486 e. The highest BCUT2D eigenvalue weighted by Crippen LogP contribution is 2.37. The number of hydrogen-bond acceptors (Lipinski definition) is 5. The highest BCUT2D eigenvalue weighted by molar-refractivity contribution is 7.89. The van der Waals surface area contributed by atoms with E-state index in [0.717, 1.165) is 0 Å². The van der Waals surface area contributed by atoms with Crippen LogP contribution in [0.15, 0.2) is 17.0 Å². The minimum absolute atomic E-state index is 0.0485. The van der Waals surface area contributed by atoms with Crippen molar-refractivity contribution in [1.82, 2.24) is 4.72 Å². The van der Waals surface area contributed by atoms with Gasteiger partial charge in [-0.25, -0.2) is 13.1 Å². The van der Waals surface area contributed by atoms with Gasteiger partial charge >= 0.3 is 0 Å². The van der Waals surface area contributed by atoms with Gasteiger partial charge < -0.3 is 15.2 Å². The second kappa shape index (κ2) is 5.40. The summed E-state index contributed by atoms with van der Waals surface area (Å²) in [5, 5.41) is 0.0802. The van der Waals surface area contributed by atoms with Crippen LogP contribution in [0.5, 0.6) is 11.5 Å². The van der Waals surface area contributed by atoms with Crippen LogP contribution in [-0.4, -0.2) is 33.7 Å². The van der Waals surface area contributed by atoms with Gasteiger partial charge in [0.15, 0.2) is 11.5 Å². The number of benzene rings is 1. The lowest BCUT2D eigenvalue weighted by molar-refractivity contribution is 0.171. The van der Waals surface area contributed by atoms with Gasteiger partial charge in [-0.2, -0.15) is 0 Å². The van der Waals surface area contributed by atoms with E-state index in [-0.39, 0.29) is 16.5 Å². The number of halogens is 1. The fourth-order valence-electron chi connectivity index (χ4n) is 1.61. The second-order valence-corrected chi connectivity index (χ2v) is 7.38. The van der Waals surface area contributed by atoms with E-state index in [9.17, 15) is 8.42 Å². The average molecular weight is 321 g/mol. The minimum atomic E-state index is -3.76. The Labute approximate surface area is 123 Å². The van der Waals surface area contributed by atoms with Crippen molar-refractivity contribution >= 4 is 21.6 Å². The van der Waals surface area contributed by atoms with E-state index in [1.54, 1.807) is 13.8 Å². The Morgan fingerprint density at radius 2 is 1.85 bits per heavy atom. The molecule has 1 aliphatic heterocycles. The van der Waals surface area contributed by atoms with Crippen LogP contribution in [-0.2, 0) is 10.0 Å². The third kappa shape index (κ3) is 3.54. The summed E-state index contributed by atoms with van der Waals surface area (Å²) in [6, 6.07) is 2.81. The van der Waals surface area contributed by atoms with Crippen LogP contribution >= 0.6 is 11.6 Å². The molecule has 0 radical (unpaired) electrons. The lowest BCUT2D eigenvalue weighted by atomic mass is 10.1. The summed E-state index contributed by atoms with van der Waals surface area (Å²) >= 11 is 6.01. The maximum absolute atomic E-state index is 12.2. The molecule has 112 valence electrons. The number of nitrogens with two attached hydrogens (primary N) is 1. The average Bonchev–Trinajstić information content (AvgIpc) is 2.35. The molecule has 1 aromatic carbocycles. The van der Waals surface area contributed by atoms with Crippen LogP contribution in [0.2, 0.25) is 5.02 Å². The lowest BCUT2D eigenvalue weighted by Gasteiger charge is -2.21. The van der Waals surface area contributed by atoms with E-state index >= 15 is 0 Å². The number of nitrogens with one attached hydrogen (secondary N) is 1. The van der Waals surface area contributed by atoms with Gasteiger partial charge in [-0.15, -0.1) is 0 Å². The van der Waals surface area contributed by atoms with E-state index in [2.05, 4.69) is 4.72 Å². The fraction of sp³-hybridized carbons (Fsp3) is 0.500. The first kappa shape index (κ1) is 15.4. The van der Waals surface area contributed by atoms with Gasteiger partial charge in [0.05, 0.1) is 5.02 Å². The van der Waals surface area contributed by atoms with Crippen LogP contribution in [0.3, 0.4) is 0 Å². The fourth-order valence-corrected chi connectivity index (χ4v) is 3.36. The molecule has 0 atom stereocenters. The number of hydrogen-bond donors (Lipinski definition) is 2. The standard InChI is InChI=1S/C12H17ClN2O4S/c1-12(2,14)7-15-20(16,17)11-6-10-9(5-8(11)13)18-3-4-19-10/h5-6,15H,3-4,7,14H2,1-2H3. The predicted molar refractivity (Wildman–Crippen MR) is 75.9 cm³/mol. The van der Waals surface area contributed by atoms with Gasteiger partial charge in [0, 0.05) is 24.2 Å². The van der Waals surface area contributed by atoms with Crippen LogP contribution in [0, 0.1) is 0 Å². The molecule has 8 heteroatoms. The number of ether oxygens (including phenoxy) is 2. The SMILES string of the molecule is CC(C)(N)CNS(=O)(=O)c1cc2c(cc1Cl)OCCO2. The Balaban J connectivity index is 2.32. The van der Waals surface area contributed by atoms with Gasteiger partial charge in [-0.1, -0.05) is 11.6 Å². The summed E-state index contributed by atoms with van der Waals surface area (Å²) in [5.41, 5.74) is 5.11. The van der Waals surface area contributed by atoms with Crippen LogP contribution in [0.25, 0.3) is 0 Å². The summed E-state index contributed by atoms with van der Waals surface area (Å²) in [7, 11) is -3.76. The number of rotatable bonds is 4. The van der Waals surface area contributed by atoms with E-state index in [1.165, 1.54) is 12.1 Å². The molecule has 0 bridgehead atoms. The molecule has 0 aromatic heterocycles. The van der Waals surface area contributed by atoms with Crippen molar-refractivity contribution in [2.24, 2.45) is 5.73 Å². The molecule has 0 amide bonds. The van der Waals surface area contributed by atoms with Gasteiger partial charge in [0.1, 0.15) is 18.1 Å². The lowest BCUT2D eigenvalue weighted by Crippen LogP contribution is -2.45. The monoisotopic (exact) mass is 320 g/mol. The zero-order chi connectivity index (χ0) is 15.0. The van der Waals surface area contributed by atoms with E-state index in [1.807, 2.05) is 0 Å².